The van der Waals surface area contributed by atoms with Crippen LogP contribution < -0.4 is 5.49 Å². The summed E-state index contributed by atoms with van der Waals surface area (Å²) >= 11 is 0. The predicted molar refractivity (Wildman–Crippen MR) is 102 cm³/mol. The van der Waals surface area contributed by atoms with Crippen LogP contribution in [0.3, 0.4) is 0 Å². The van der Waals surface area contributed by atoms with Crippen molar-refractivity contribution in [3.05, 3.63) is 101 Å². The number of alkyl halides is 3. The number of hydrogen-bond acceptors (Lipinski definition) is 2. The minimum Gasteiger partial charge on any atom is -0.367 e. The van der Waals surface area contributed by atoms with Crippen molar-refractivity contribution in [1.29, 1.82) is 0 Å². The van der Waals surface area contributed by atoms with E-state index in [9.17, 15) is 18.0 Å². The monoisotopic (exact) mass is 400 g/mol. The Morgan fingerprint density at radius 1 is 0.897 bits per heavy atom. The van der Waals surface area contributed by atoms with E-state index in [4.69, 9.17) is 0 Å². The van der Waals surface area contributed by atoms with Gasteiger partial charge in [-0.15, -0.1) is 0 Å². The van der Waals surface area contributed by atoms with E-state index in [2.05, 4.69) is 9.73 Å². The SMILES string of the molecule is O=C(N=c1ccccn1Cc1ccccc1)c1ccc(COCC(F)(F)F)cc1. The summed E-state index contributed by atoms with van der Waals surface area (Å²) in [6, 6.07) is 21.4. The summed E-state index contributed by atoms with van der Waals surface area (Å²) in [5.74, 6) is -0.430. The zero-order valence-electron chi connectivity index (χ0n) is 15.5. The molecular formula is C22H19F3N2O2. The van der Waals surface area contributed by atoms with Crippen molar-refractivity contribution in [1.82, 2.24) is 4.57 Å². The lowest BCUT2D eigenvalue weighted by atomic mass is 10.1. The van der Waals surface area contributed by atoms with Crippen LogP contribution in [0.25, 0.3) is 0 Å². The normalized spacial score (nSPS) is 12.2. The van der Waals surface area contributed by atoms with Crippen LogP contribution in [-0.2, 0) is 17.9 Å². The molecule has 0 atom stereocenters. The molecular weight excluding hydrogens is 381 g/mol. The van der Waals surface area contributed by atoms with E-state index in [1.54, 1.807) is 24.3 Å². The Labute approximate surface area is 165 Å². The van der Waals surface area contributed by atoms with Gasteiger partial charge in [-0.2, -0.15) is 18.2 Å². The van der Waals surface area contributed by atoms with Crippen molar-refractivity contribution in [2.45, 2.75) is 19.3 Å². The Bertz CT molecular complexity index is 1010. The Hall–Kier alpha value is -3.19. The van der Waals surface area contributed by atoms with Gasteiger partial charge >= 0.3 is 6.18 Å². The van der Waals surface area contributed by atoms with Gasteiger partial charge in [-0.1, -0.05) is 48.5 Å². The molecule has 0 aliphatic rings. The average Bonchev–Trinajstić information content (AvgIpc) is 2.70. The van der Waals surface area contributed by atoms with E-state index in [-0.39, 0.29) is 6.61 Å². The Morgan fingerprint density at radius 3 is 2.28 bits per heavy atom. The molecule has 2 aromatic carbocycles. The van der Waals surface area contributed by atoms with Crippen molar-refractivity contribution in [2.75, 3.05) is 6.61 Å². The second-order valence-electron chi connectivity index (χ2n) is 6.39. The first-order valence-electron chi connectivity index (χ1n) is 8.93. The molecule has 150 valence electrons. The van der Waals surface area contributed by atoms with E-state index >= 15 is 0 Å². The van der Waals surface area contributed by atoms with Gasteiger partial charge < -0.3 is 9.30 Å². The molecule has 0 aliphatic heterocycles. The molecule has 0 spiro atoms. The van der Waals surface area contributed by atoms with Gasteiger partial charge in [0.05, 0.1) is 6.61 Å². The smallest absolute Gasteiger partial charge is 0.367 e. The van der Waals surface area contributed by atoms with Gasteiger partial charge in [-0.25, -0.2) is 0 Å². The van der Waals surface area contributed by atoms with Crippen LogP contribution in [0.4, 0.5) is 13.2 Å². The molecule has 1 aromatic heterocycles. The second-order valence-corrected chi connectivity index (χ2v) is 6.39. The van der Waals surface area contributed by atoms with Gasteiger partial charge in [0.1, 0.15) is 12.1 Å². The minimum atomic E-state index is -4.36. The number of amides is 1. The van der Waals surface area contributed by atoms with Crippen molar-refractivity contribution >= 4 is 5.91 Å². The summed E-state index contributed by atoms with van der Waals surface area (Å²) in [5.41, 5.74) is 2.49. The quantitative estimate of drug-likeness (QED) is 0.617. The fraction of sp³-hybridized carbons (Fsp3) is 0.182. The van der Waals surface area contributed by atoms with Crippen LogP contribution in [0.1, 0.15) is 21.5 Å². The fourth-order valence-corrected chi connectivity index (χ4v) is 2.68. The van der Waals surface area contributed by atoms with Crippen LogP contribution in [0.2, 0.25) is 0 Å². The van der Waals surface area contributed by atoms with E-state index in [1.165, 1.54) is 12.1 Å². The van der Waals surface area contributed by atoms with Gasteiger partial charge in [0, 0.05) is 18.3 Å². The first kappa shape index (κ1) is 20.5. The summed E-state index contributed by atoms with van der Waals surface area (Å²) in [6.45, 7) is -0.914. The first-order valence-corrected chi connectivity index (χ1v) is 8.93. The van der Waals surface area contributed by atoms with E-state index < -0.39 is 18.7 Å². The maximum Gasteiger partial charge on any atom is 0.411 e. The minimum absolute atomic E-state index is 0.180. The second kappa shape index (κ2) is 9.34. The molecule has 3 rings (SSSR count). The number of ether oxygens (including phenoxy) is 1. The van der Waals surface area contributed by atoms with Crippen LogP contribution >= 0.6 is 0 Å². The molecule has 4 nitrogen and oxygen atoms in total. The largest absolute Gasteiger partial charge is 0.411 e. The zero-order chi connectivity index (χ0) is 20.7. The van der Waals surface area contributed by atoms with Gasteiger partial charge in [-0.3, -0.25) is 4.79 Å². The standard InChI is InChI=1S/C22H19F3N2O2/c23-22(24,25)16-29-15-18-9-11-19(12-10-18)21(28)26-20-8-4-5-13-27(20)14-17-6-2-1-3-7-17/h1-13H,14-16H2. The number of nitrogens with zero attached hydrogens (tertiary/aromatic N) is 2. The summed E-state index contributed by atoms with van der Waals surface area (Å²) < 4.78 is 42.8. The lowest BCUT2D eigenvalue weighted by Gasteiger charge is -2.08. The number of aromatic nitrogens is 1. The lowest BCUT2D eigenvalue weighted by molar-refractivity contribution is -0.176. The number of benzene rings is 2. The molecule has 7 heteroatoms. The van der Waals surface area contributed by atoms with Gasteiger partial charge in [0.2, 0.25) is 0 Å². The van der Waals surface area contributed by atoms with E-state index in [1.807, 2.05) is 47.2 Å². The molecule has 3 aromatic rings. The first-order chi connectivity index (χ1) is 13.9. The highest BCUT2D eigenvalue weighted by atomic mass is 19.4. The highest BCUT2D eigenvalue weighted by Gasteiger charge is 2.27. The summed E-state index contributed by atoms with van der Waals surface area (Å²) in [5, 5.41) is 0. The molecule has 29 heavy (non-hydrogen) atoms. The molecule has 0 aliphatic carbocycles. The highest BCUT2D eigenvalue weighted by Crippen LogP contribution is 2.16. The molecule has 0 N–H and O–H groups in total. The maximum atomic E-state index is 12.5. The number of pyridine rings is 1. The third kappa shape index (κ3) is 6.43. The van der Waals surface area contributed by atoms with Gasteiger partial charge in [0.15, 0.2) is 0 Å². The molecule has 0 bridgehead atoms. The lowest BCUT2D eigenvalue weighted by Crippen LogP contribution is -2.22. The third-order valence-electron chi connectivity index (χ3n) is 4.06. The van der Waals surface area contributed by atoms with Crippen molar-refractivity contribution < 1.29 is 22.7 Å². The number of carbonyl (C=O) groups excluding carboxylic acids is 1. The van der Waals surface area contributed by atoms with Crippen molar-refractivity contribution in [3.63, 3.8) is 0 Å². The van der Waals surface area contributed by atoms with Crippen LogP contribution in [0, 0.1) is 0 Å². The zero-order valence-corrected chi connectivity index (χ0v) is 15.5. The molecule has 1 amide bonds. The maximum absolute atomic E-state index is 12.5. The molecule has 0 saturated heterocycles. The van der Waals surface area contributed by atoms with Gasteiger partial charge in [-0.05, 0) is 35.4 Å². The van der Waals surface area contributed by atoms with E-state index in [0.717, 1.165) is 5.56 Å². The molecule has 0 saturated carbocycles. The molecule has 0 radical (unpaired) electrons. The molecule has 0 fully saturated rings. The highest BCUT2D eigenvalue weighted by molar-refractivity contribution is 5.94. The summed E-state index contributed by atoms with van der Waals surface area (Å²) in [6.07, 6.45) is -2.51. The van der Waals surface area contributed by atoms with Crippen molar-refractivity contribution in [2.24, 2.45) is 4.99 Å². The average molecular weight is 400 g/mol. The Kier molecular flexibility index (Phi) is 6.61. The summed E-state index contributed by atoms with van der Waals surface area (Å²) in [7, 11) is 0. The van der Waals surface area contributed by atoms with Crippen LogP contribution in [0.5, 0.6) is 0 Å². The number of halogens is 3. The van der Waals surface area contributed by atoms with Crippen molar-refractivity contribution in [3.8, 4) is 0 Å². The van der Waals surface area contributed by atoms with Crippen LogP contribution in [0.15, 0.2) is 84.0 Å². The number of carbonyl (C=O) groups is 1. The molecule has 1 heterocycles. The predicted octanol–water partition coefficient (Wildman–Crippen LogP) is 4.36. The topological polar surface area (TPSA) is 43.6 Å². The molecule has 0 unspecified atom stereocenters. The van der Waals surface area contributed by atoms with Crippen LogP contribution in [-0.4, -0.2) is 23.3 Å². The summed E-state index contributed by atoms with van der Waals surface area (Å²) in [4.78, 5) is 16.7. The van der Waals surface area contributed by atoms with Gasteiger partial charge in [0.25, 0.3) is 5.91 Å². The Morgan fingerprint density at radius 2 is 1.59 bits per heavy atom. The fourth-order valence-electron chi connectivity index (χ4n) is 2.68. The Balaban J connectivity index is 1.72. The number of rotatable bonds is 6. The van der Waals surface area contributed by atoms with E-state index in [0.29, 0.717) is 23.2 Å². The number of hydrogen-bond donors (Lipinski definition) is 0. The third-order valence-corrected chi connectivity index (χ3v) is 4.06.